The largest absolute Gasteiger partial charge is 0.313 e. The summed E-state index contributed by atoms with van der Waals surface area (Å²) < 4.78 is 2.38. The zero-order chi connectivity index (χ0) is 13.0. The number of nitrogens with one attached hydrogen (secondary N) is 1. The smallest absolute Gasteiger partial charge is 0.0357 e. The van der Waals surface area contributed by atoms with Gasteiger partial charge in [-0.2, -0.15) is 0 Å². The van der Waals surface area contributed by atoms with Gasteiger partial charge in [-0.05, 0) is 49.6 Å². The van der Waals surface area contributed by atoms with Crippen LogP contribution in [0.5, 0.6) is 0 Å². The lowest BCUT2D eigenvalue weighted by atomic mass is 9.87. The first-order valence-electron chi connectivity index (χ1n) is 6.84. The summed E-state index contributed by atoms with van der Waals surface area (Å²) in [6.07, 6.45) is 8.29. The van der Waals surface area contributed by atoms with E-state index >= 15 is 0 Å². The maximum Gasteiger partial charge on any atom is 0.0357 e. The minimum Gasteiger partial charge on any atom is -0.313 e. The van der Waals surface area contributed by atoms with Crippen molar-refractivity contribution in [3.63, 3.8) is 0 Å². The summed E-state index contributed by atoms with van der Waals surface area (Å²) in [6, 6.07) is 6.94. The summed E-state index contributed by atoms with van der Waals surface area (Å²) in [7, 11) is 2.09. The summed E-state index contributed by atoms with van der Waals surface area (Å²) in [5.41, 5.74) is 1.39. The van der Waals surface area contributed by atoms with Crippen molar-refractivity contribution in [2.24, 2.45) is 5.92 Å². The van der Waals surface area contributed by atoms with Gasteiger partial charge in [0.25, 0.3) is 0 Å². The van der Waals surface area contributed by atoms with Gasteiger partial charge in [0.05, 0.1) is 0 Å². The van der Waals surface area contributed by atoms with Gasteiger partial charge < -0.3 is 5.32 Å². The molecule has 1 aromatic carbocycles. The van der Waals surface area contributed by atoms with Crippen LogP contribution in [-0.2, 0) is 0 Å². The standard InChI is InChI=1S/C15H21Br2N/c1-18-15(11-6-4-2-3-5-7-11)13-10-12(16)8-9-14(13)17/h8-11,15,18H,2-7H2,1H3. The Morgan fingerprint density at radius 3 is 2.39 bits per heavy atom. The molecule has 1 aromatic rings. The Labute approximate surface area is 127 Å². The zero-order valence-corrected chi connectivity index (χ0v) is 14.1. The van der Waals surface area contributed by atoms with Crippen LogP contribution in [0.2, 0.25) is 0 Å². The quantitative estimate of drug-likeness (QED) is 0.694. The van der Waals surface area contributed by atoms with Crippen LogP contribution in [0.25, 0.3) is 0 Å². The molecule has 1 N–H and O–H groups in total. The Hall–Kier alpha value is 0.140. The van der Waals surface area contributed by atoms with Crippen LogP contribution in [0, 0.1) is 5.92 Å². The van der Waals surface area contributed by atoms with E-state index in [1.807, 2.05) is 0 Å². The molecule has 2 rings (SSSR count). The summed E-state index contributed by atoms with van der Waals surface area (Å²) in [6.45, 7) is 0. The minimum atomic E-state index is 0.468. The van der Waals surface area contributed by atoms with Gasteiger partial charge in [0, 0.05) is 15.0 Å². The molecule has 0 aliphatic heterocycles. The van der Waals surface area contributed by atoms with Crippen LogP contribution in [0.4, 0.5) is 0 Å². The molecule has 0 spiro atoms. The van der Waals surface area contributed by atoms with Gasteiger partial charge in [-0.25, -0.2) is 0 Å². The molecule has 3 heteroatoms. The first kappa shape index (κ1) is 14.5. The molecule has 1 aliphatic rings. The van der Waals surface area contributed by atoms with Crippen molar-refractivity contribution in [2.75, 3.05) is 7.05 Å². The monoisotopic (exact) mass is 373 g/mol. The Morgan fingerprint density at radius 2 is 1.78 bits per heavy atom. The minimum absolute atomic E-state index is 0.468. The summed E-state index contributed by atoms with van der Waals surface area (Å²) >= 11 is 7.28. The molecule has 0 bridgehead atoms. The van der Waals surface area contributed by atoms with Crippen LogP contribution in [0.15, 0.2) is 27.1 Å². The van der Waals surface area contributed by atoms with Crippen LogP contribution >= 0.6 is 31.9 Å². The van der Waals surface area contributed by atoms with Crippen LogP contribution < -0.4 is 5.32 Å². The van der Waals surface area contributed by atoms with Gasteiger partial charge in [0.2, 0.25) is 0 Å². The number of hydrogen-bond donors (Lipinski definition) is 1. The highest BCUT2D eigenvalue weighted by atomic mass is 79.9. The first-order valence-corrected chi connectivity index (χ1v) is 8.43. The van der Waals surface area contributed by atoms with E-state index in [0.29, 0.717) is 6.04 Å². The molecule has 0 amide bonds. The third-order valence-corrected chi connectivity index (χ3v) is 5.19. The lowest BCUT2D eigenvalue weighted by molar-refractivity contribution is 0.340. The lowest BCUT2D eigenvalue weighted by Crippen LogP contribution is -2.25. The van der Waals surface area contributed by atoms with Gasteiger partial charge in [-0.1, -0.05) is 57.5 Å². The first-order chi connectivity index (χ1) is 8.72. The van der Waals surface area contributed by atoms with Crippen molar-refractivity contribution in [1.82, 2.24) is 5.32 Å². The molecule has 1 saturated carbocycles. The number of rotatable bonds is 3. The van der Waals surface area contributed by atoms with E-state index in [9.17, 15) is 0 Å². The molecule has 1 unspecified atom stereocenters. The molecule has 1 atom stereocenters. The SMILES string of the molecule is CNC(c1cc(Br)ccc1Br)C1CCCCCC1. The van der Waals surface area contributed by atoms with Crippen molar-refractivity contribution in [3.05, 3.63) is 32.7 Å². The molecule has 18 heavy (non-hydrogen) atoms. The van der Waals surface area contributed by atoms with Gasteiger partial charge in [-0.3, -0.25) is 0 Å². The molecule has 100 valence electrons. The van der Waals surface area contributed by atoms with Crippen LogP contribution in [-0.4, -0.2) is 7.05 Å². The van der Waals surface area contributed by atoms with E-state index in [1.54, 1.807) is 0 Å². The maximum absolute atomic E-state index is 3.70. The van der Waals surface area contributed by atoms with Crippen molar-refractivity contribution in [1.29, 1.82) is 0 Å². The molecule has 1 fully saturated rings. The third-order valence-electron chi connectivity index (χ3n) is 3.98. The van der Waals surface area contributed by atoms with Crippen molar-refractivity contribution in [3.8, 4) is 0 Å². The van der Waals surface area contributed by atoms with E-state index < -0.39 is 0 Å². The normalized spacial score (nSPS) is 19.5. The fraction of sp³-hybridized carbons (Fsp3) is 0.600. The zero-order valence-electron chi connectivity index (χ0n) is 10.9. The number of benzene rings is 1. The highest BCUT2D eigenvalue weighted by molar-refractivity contribution is 9.11. The molecular formula is C15H21Br2N. The lowest BCUT2D eigenvalue weighted by Gasteiger charge is -2.27. The van der Waals surface area contributed by atoms with Crippen molar-refractivity contribution >= 4 is 31.9 Å². The summed E-state index contributed by atoms with van der Waals surface area (Å²) in [5, 5.41) is 3.53. The summed E-state index contributed by atoms with van der Waals surface area (Å²) in [5.74, 6) is 0.767. The van der Waals surface area contributed by atoms with Gasteiger partial charge >= 0.3 is 0 Å². The predicted octanol–water partition coefficient (Wildman–Crippen LogP) is 5.44. The number of hydrogen-bond acceptors (Lipinski definition) is 1. The average molecular weight is 375 g/mol. The molecule has 0 heterocycles. The Morgan fingerprint density at radius 1 is 1.11 bits per heavy atom. The van der Waals surface area contributed by atoms with Crippen LogP contribution in [0.3, 0.4) is 0 Å². The molecule has 1 nitrogen and oxygen atoms in total. The Balaban J connectivity index is 2.23. The number of halogens is 2. The molecule has 0 radical (unpaired) electrons. The molecule has 0 saturated heterocycles. The Bertz CT molecular complexity index is 384. The van der Waals surface area contributed by atoms with Crippen molar-refractivity contribution in [2.45, 2.75) is 44.6 Å². The Kier molecular flexibility index (Phi) is 5.71. The second kappa shape index (κ2) is 7.06. The highest BCUT2D eigenvalue weighted by Crippen LogP contribution is 2.37. The van der Waals surface area contributed by atoms with Gasteiger partial charge in [0.15, 0.2) is 0 Å². The van der Waals surface area contributed by atoms with Gasteiger partial charge in [-0.15, -0.1) is 0 Å². The topological polar surface area (TPSA) is 12.0 Å². The third kappa shape index (κ3) is 3.58. The van der Waals surface area contributed by atoms with E-state index in [0.717, 1.165) is 10.4 Å². The maximum atomic E-state index is 3.70. The van der Waals surface area contributed by atoms with E-state index in [1.165, 1.54) is 48.6 Å². The van der Waals surface area contributed by atoms with E-state index in [2.05, 4.69) is 62.4 Å². The second-order valence-electron chi connectivity index (χ2n) is 5.18. The van der Waals surface area contributed by atoms with Gasteiger partial charge in [0.1, 0.15) is 0 Å². The highest BCUT2D eigenvalue weighted by Gasteiger charge is 2.24. The predicted molar refractivity (Wildman–Crippen MR) is 84.8 cm³/mol. The molecule has 1 aliphatic carbocycles. The van der Waals surface area contributed by atoms with Crippen molar-refractivity contribution < 1.29 is 0 Å². The fourth-order valence-electron chi connectivity index (χ4n) is 3.04. The molecular weight excluding hydrogens is 354 g/mol. The van der Waals surface area contributed by atoms with E-state index in [-0.39, 0.29) is 0 Å². The van der Waals surface area contributed by atoms with Crippen LogP contribution in [0.1, 0.15) is 50.1 Å². The summed E-state index contributed by atoms with van der Waals surface area (Å²) in [4.78, 5) is 0. The van der Waals surface area contributed by atoms with E-state index in [4.69, 9.17) is 0 Å². The fourth-order valence-corrected chi connectivity index (χ4v) is 3.91. The molecule has 0 aromatic heterocycles. The average Bonchev–Trinajstić information content (AvgIpc) is 2.64. The second-order valence-corrected chi connectivity index (χ2v) is 6.95.